The number of hydrogen-bond acceptors (Lipinski definition) is 3. The zero-order valence-electron chi connectivity index (χ0n) is 9.70. The maximum atomic E-state index is 5.93. The lowest BCUT2D eigenvalue weighted by Crippen LogP contribution is -2.28. The van der Waals surface area contributed by atoms with Gasteiger partial charge in [0, 0.05) is 24.1 Å². The van der Waals surface area contributed by atoms with Crippen molar-refractivity contribution in [2.45, 2.75) is 32.4 Å². The Labute approximate surface area is 106 Å². The summed E-state index contributed by atoms with van der Waals surface area (Å²) in [6.45, 7) is 6.28. The van der Waals surface area contributed by atoms with Gasteiger partial charge in [0.1, 0.15) is 0 Å². The molecule has 2 nitrogen and oxygen atoms in total. The minimum Gasteiger partial charge on any atom is -0.378 e. The van der Waals surface area contributed by atoms with Crippen LogP contribution in [0.1, 0.15) is 31.2 Å². The molecule has 0 amide bonds. The van der Waals surface area contributed by atoms with E-state index in [9.17, 15) is 0 Å². The van der Waals surface area contributed by atoms with Crippen LogP contribution >= 0.6 is 22.9 Å². The van der Waals surface area contributed by atoms with Gasteiger partial charge >= 0.3 is 0 Å². The van der Waals surface area contributed by atoms with Gasteiger partial charge in [-0.25, -0.2) is 0 Å². The number of hydrogen-bond donors (Lipinski definition) is 1. The van der Waals surface area contributed by atoms with Crippen LogP contribution in [-0.4, -0.2) is 19.3 Å². The highest BCUT2D eigenvalue weighted by Gasteiger charge is 2.24. The molecular weight excluding hydrogens is 242 g/mol. The zero-order chi connectivity index (χ0) is 11.5. The van der Waals surface area contributed by atoms with E-state index in [4.69, 9.17) is 16.3 Å². The first-order chi connectivity index (χ1) is 7.66. The SMILES string of the molecule is CC(NCC1CCOC1C)c1ccc(Cl)s1. The maximum absolute atomic E-state index is 5.93. The van der Waals surface area contributed by atoms with E-state index in [1.165, 1.54) is 11.3 Å². The van der Waals surface area contributed by atoms with Gasteiger partial charge in [0.2, 0.25) is 0 Å². The summed E-state index contributed by atoms with van der Waals surface area (Å²) in [6.07, 6.45) is 1.57. The van der Waals surface area contributed by atoms with Crippen molar-refractivity contribution in [2.75, 3.05) is 13.2 Å². The first kappa shape index (κ1) is 12.4. The van der Waals surface area contributed by atoms with Gasteiger partial charge in [-0.3, -0.25) is 0 Å². The normalized spacial score (nSPS) is 27.2. The molecule has 2 heterocycles. The van der Waals surface area contributed by atoms with E-state index in [1.54, 1.807) is 11.3 Å². The van der Waals surface area contributed by atoms with Crippen LogP contribution in [0.2, 0.25) is 4.34 Å². The van der Waals surface area contributed by atoms with Crippen molar-refractivity contribution in [1.82, 2.24) is 5.32 Å². The summed E-state index contributed by atoms with van der Waals surface area (Å²) in [6, 6.07) is 4.44. The molecule has 1 saturated heterocycles. The molecule has 4 heteroatoms. The number of nitrogens with one attached hydrogen (secondary N) is 1. The van der Waals surface area contributed by atoms with E-state index in [2.05, 4.69) is 25.2 Å². The van der Waals surface area contributed by atoms with Crippen molar-refractivity contribution in [1.29, 1.82) is 0 Å². The third kappa shape index (κ3) is 2.98. The van der Waals surface area contributed by atoms with E-state index < -0.39 is 0 Å². The molecule has 0 bridgehead atoms. The van der Waals surface area contributed by atoms with Crippen molar-refractivity contribution in [3.05, 3.63) is 21.3 Å². The minimum absolute atomic E-state index is 0.380. The molecule has 0 aliphatic carbocycles. The number of thiophene rings is 1. The summed E-state index contributed by atoms with van der Waals surface area (Å²) < 4.78 is 6.41. The lowest BCUT2D eigenvalue weighted by molar-refractivity contribution is 0.105. The van der Waals surface area contributed by atoms with Gasteiger partial charge in [0.25, 0.3) is 0 Å². The van der Waals surface area contributed by atoms with Gasteiger partial charge in [0.05, 0.1) is 10.4 Å². The smallest absolute Gasteiger partial charge is 0.0931 e. The lowest BCUT2D eigenvalue weighted by atomic mass is 10.0. The Morgan fingerprint density at radius 2 is 2.44 bits per heavy atom. The predicted octanol–water partition coefficient (Wildman–Crippen LogP) is 3.48. The van der Waals surface area contributed by atoms with Gasteiger partial charge in [-0.05, 0) is 38.3 Å². The quantitative estimate of drug-likeness (QED) is 0.894. The molecule has 1 N–H and O–H groups in total. The standard InChI is InChI=1S/C12H18ClNOS/c1-8(11-3-4-12(13)16-11)14-7-10-5-6-15-9(10)2/h3-4,8-10,14H,5-7H2,1-2H3. The second-order valence-corrected chi connectivity index (χ2v) is 6.14. The molecular formula is C12H18ClNOS. The number of rotatable bonds is 4. The molecule has 0 saturated carbocycles. The average Bonchev–Trinajstić information content (AvgIpc) is 2.84. The molecule has 1 aromatic rings. The highest BCUT2D eigenvalue weighted by molar-refractivity contribution is 7.16. The van der Waals surface area contributed by atoms with Gasteiger partial charge in [-0.1, -0.05) is 11.6 Å². The summed E-state index contributed by atoms with van der Waals surface area (Å²) in [5, 5.41) is 3.56. The fourth-order valence-corrected chi connectivity index (χ4v) is 3.12. The van der Waals surface area contributed by atoms with Crippen LogP contribution in [-0.2, 0) is 4.74 Å². The summed E-state index contributed by atoms with van der Waals surface area (Å²) in [5.74, 6) is 0.651. The molecule has 2 rings (SSSR count). The van der Waals surface area contributed by atoms with Crippen molar-refractivity contribution < 1.29 is 4.74 Å². The summed E-state index contributed by atoms with van der Waals surface area (Å²) in [4.78, 5) is 1.30. The van der Waals surface area contributed by atoms with Crippen LogP contribution in [0.25, 0.3) is 0 Å². The fourth-order valence-electron chi connectivity index (χ4n) is 2.03. The monoisotopic (exact) mass is 259 g/mol. The van der Waals surface area contributed by atoms with Crippen LogP contribution in [0, 0.1) is 5.92 Å². The Balaban J connectivity index is 1.81. The Morgan fingerprint density at radius 3 is 3.00 bits per heavy atom. The predicted molar refractivity (Wildman–Crippen MR) is 69.3 cm³/mol. The summed E-state index contributed by atoms with van der Waals surface area (Å²) in [5.41, 5.74) is 0. The Hall–Kier alpha value is -0.0900. The second kappa shape index (κ2) is 5.50. The number of halogens is 1. The topological polar surface area (TPSA) is 21.3 Å². The van der Waals surface area contributed by atoms with Crippen LogP contribution < -0.4 is 5.32 Å². The minimum atomic E-state index is 0.380. The molecule has 0 aromatic carbocycles. The average molecular weight is 260 g/mol. The molecule has 0 spiro atoms. The van der Waals surface area contributed by atoms with E-state index in [-0.39, 0.29) is 0 Å². The Bertz CT molecular complexity index is 342. The van der Waals surface area contributed by atoms with Gasteiger partial charge in [-0.2, -0.15) is 0 Å². The Kier molecular flexibility index (Phi) is 4.25. The van der Waals surface area contributed by atoms with E-state index in [1.807, 2.05) is 6.07 Å². The largest absolute Gasteiger partial charge is 0.378 e. The second-order valence-electron chi connectivity index (χ2n) is 4.40. The third-order valence-corrected chi connectivity index (χ3v) is 4.65. The van der Waals surface area contributed by atoms with Crippen molar-refractivity contribution in [3.63, 3.8) is 0 Å². The van der Waals surface area contributed by atoms with Gasteiger partial charge in [0.15, 0.2) is 0 Å². The van der Waals surface area contributed by atoms with Crippen LogP contribution in [0.15, 0.2) is 12.1 Å². The summed E-state index contributed by atoms with van der Waals surface area (Å²) in [7, 11) is 0. The molecule has 0 radical (unpaired) electrons. The molecule has 1 aromatic heterocycles. The van der Waals surface area contributed by atoms with Crippen molar-refractivity contribution in [2.24, 2.45) is 5.92 Å². The van der Waals surface area contributed by atoms with Crippen LogP contribution in [0.4, 0.5) is 0 Å². The first-order valence-corrected chi connectivity index (χ1v) is 6.96. The van der Waals surface area contributed by atoms with E-state index in [0.29, 0.717) is 18.1 Å². The molecule has 90 valence electrons. The highest BCUT2D eigenvalue weighted by atomic mass is 35.5. The molecule has 1 aliphatic rings. The highest BCUT2D eigenvalue weighted by Crippen LogP contribution is 2.27. The third-order valence-electron chi connectivity index (χ3n) is 3.24. The van der Waals surface area contributed by atoms with E-state index >= 15 is 0 Å². The molecule has 1 aliphatic heterocycles. The fraction of sp³-hybridized carbons (Fsp3) is 0.667. The molecule has 3 unspecified atom stereocenters. The van der Waals surface area contributed by atoms with Gasteiger partial charge < -0.3 is 10.1 Å². The Morgan fingerprint density at radius 1 is 1.62 bits per heavy atom. The number of ether oxygens (including phenoxy) is 1. The zero-order valence-corrected chi connectivity index (χ0v) is 11.3. The van der Waals surface area contributed by atoms with Crippen molar-refractivity contribution >= 4 is 22.9 Å². The lowest BCUT2D eigenvalue weighted by Gasteiger charge is -2.18. The van der Waals surface area contributed by atoms with Crippen LogP contribution in [0.3, 0.4) is 0 Å². The molecule has 16 heavy (non-hydrogen) atoms. The van der Waals surface area contributed by atoms with E-state index in [0.717, 1.165) is 17.5 Å². The first-order valence-electron chi connectivity index (χ1n) is 5.77. The van der Waals surface area contributed by atoms with Gasteiger partial charge in [-0.15, -0.1) is 11.3 Å². The van der Waals surface area contributed by atoms with Crippen LogP contribution in [0.5, 0.6) is 0 Å². The van der Waals surface area contributed by atoms with Crippen molar-refractivity contribution in [3.8, 4) is 0 Å². The molecule has 1 fully saturated rings. The summed E-state index contributed by atoms with van der Waals surface area (Å²) >= 11 is 7.58. The molecule has 3 atom stereocenters. The maximum Gasteiger partial charge on any atom is 0.0931 e.